The summed E-state index contributed by atoms with van der Waals surface area (Å²) in [6.07, 6.45) is -0.888. The predicted octanol–water partition coefficient (Wildman–Crippen LogP) is 4.83. The molecule has 0 bridgehead atoms. The van der Waals surface area contributed by atoms with E-state index in [0.29, 0.717) is 11.6 Å². The van der Waals surface area contributed by atoms with E-state index in [4.69, 9.17) is 0 Å². The predicted molar refractivity (Wildman–Crippen MR) is 131 cm³/mol. The Balaban J connectivity index is 1.90. The summed E-state index contributed by atoms with van der Waals surface area (Å²) < 4.78 is 55.7. The molecule has 8 heteroatoms. The van der Waals surface area contributed by atoms with E-state index >= 15 is 0 Å². The minimum Gasteiger partial charge on any atom is -0.335 e. The molecule has 0 heterocycles. The first-order valence-electron chi connectivity index (χ1n) is 11.7. The lowest BCUT2D eigenvalue weighted by Gasteiger charge is -2.37. The summed E-state index contributed by atoms with van der Waals surface area (Å²) in [6.45, 7) is 0. The van der Waals surface area contributed by atoms with Gasteiger partial charge in [0.1, 0.15) is 13.7 Å². The van der Waals surface area contributed by atoms with Gasteiger partial charge < -0.3 is 10.6 Å². The molecule has 3 nitrogen and oxygen atoms in total. The van der Waals surface area contributed by atoms with Gasteiger partial charge in [-0.15, -0.1) is 0 Å². The Morgan fingerprint density at radius 1 is 0.886 bits per heavy atom. The molecule has 1 aliphatic carbocycles. The van der Waals surface area contributed by atoms with Crippen molar-refractivity contribution in [1.29, 1.82) is 0 Å². The van der Waals surface area contributed by atoms with Crippen LogP contribution < -0.4 is 16.1 Å². The highest BCUT2D eigenvalue weighted by atomic mass is 19.4. The normalized spacial score (nSPS) is 16.0. The van der Waals surface area contributed by atoms with Crippen LogP contribution in [0.2, 0.25) is 0 Å². The molecule has 182 valence electrons. The van der Waals surface area contributed by atoms with Crippen LogP contribution in [-0.2, 0) is 18.1 Å². The average molecular weight is 482 g/mol. The Bertz CT molecular complexity index is 1180. The molecule has 0 radical (unpaired) electrons. The summed E-state index contributed by atoms with van der Waals surface area (Å²) in [6, 6.07) is 18.4. The summed E-state index contributed by atoms with van der Waals surface area (Å²) >= 11 is 0. The van der Waals surface area contributed by atoms with Crippen LogP contribution in [0.3, 0.4) is 0 Å². The number of carbonyl (C=O) groups excluding carboxylic acids is 1. The second kappa shape index (κ2) is 10.1. The van der Waals surface area contributed by atoms with Crippen molar-refractivity contribution in [2.75, 3.05) is 0 Å². The summed E-state index contributed by atoms with van der Waals surface area (Å²) in [5.41, 5.74) is -0.297. The topological polar surface area (TPSA) is 41.1 Å². The van der Waals surface area contributed by atoms with Gasteiger partial charge in [0.25, 0.3) is 0 Å². The Morgan fingerprint density at radius 2 is 1.57 bits per heavy atom. The van der Waals surface area contributed by atoms with E-state index < -0.39 is 29.1 Å². The molecule has 1 saturated carbocycles. The molecule has 0 aromatic heterocycles. The Hall–Kier alpha value is -3.29. The zero-order chi connectivity index (χ0) is 25.1. The monoisotopic (exact) mass is 482 g/mol. The third-order valence-corrected chi connectivity index (χ3v) is 6.56. The van der Waals surface area contributed by atoms with Crippen LogP contribution in [0.4, 0.5) is 22.4 Å². The quantitative estimate of drug-likeness (QED) is 0.384. The van der Waals surface area contributed by atoms with Crippen LogP contribution in [0.25, 0.3) is 0 Å². The fourth-order valence-electron chi connectivity index (χ4n) is 4.86. The first-order valence-corrected chi connectivity index (χ1v) is 11.7. The van der Waals surface area contributed by atoms with Crippen LogP contribution in [0.5, 0.6) is 0 Å². The molecule has 4 rings (SSSR count). The number of hydrogen-bond acceptors (Lipinski definition) is 1. The molecule has 1 fully saturated rings. The molecule has 1 aliphatic rings. The molecule has 3 aromatic rings. The number of alkyl halides is 3. The van der Waals surface area contributed by atoms with Gasteiger partial charge >= 0.3 is 12.2 Å². The van der Waals surface area contributed by atoms with E-state index in [1.165, 1.54) is 0 Å². The van der Waals surface area contributed by atoms with Gasteiger partial charge in [0, 0.05) is 12.5 Å². The third kappa shape index (κ3) is 5.86. The Labute approximate surface area is 203 Å². The van der Waals surface area contributed by atoms with Crippen LogP contribution in [0.15, 0.2) is 72.8 Å². The van der Waals surface area contributed by atoms with Gasteiger partial charge in [0.05, 0.1) is 11.1 Å². The fourth-order valence-corrected chi connectivity index (χ4v) is 4.86. The van der Waals surface area contributed by atoms with Crippen LogP contribution in [-0.4, -0.2) is 19.9 Å². The molecule has 0 saturated heterocycles. The van der Waals surface area contributed by atoms with Gasteiger partial charge in [-0.25, -0.2) is 9.18 Å². The Morgan fingerprint density at radius 3 is 2.23 bits per heavy atom. The van der Waals surface area contributed by atoms with E-state index in [9.17, 15) is 22.4 Å². The molecule has 2 N–H and O–H groups in total. The highest BCUT2D eigenvalue weighted by Gasteiger charge is 2.40. The lowest BCUT2D eigenvalue weighted by atomic mass is 9.76. The fraction of sp³-hybridized carbons (Fsp3) is 0.296. The zero-order valence-corrected chi connectivity index (χ0v) is 19.5. The van der Waals surface area contributed by atoms with Crippen molar-refractivity contribution in [3.05, 3.63) is 101 Å². The van der Waals surface area contributed by atoms with Gasteiger partial charge in [-0.05, 0) is 47.7 Å². The third-order valence-electron chi connectivity index (χ3n) is 6.56. The number of urea groups is 1. The number of amides is 2. The molecule has 35 heavy (non-hydrogen) atoms. The molecule has 3 aromatic carbocycles. The van der Waals surface area contributed by atoms with E-state index in [0.717, 1.165) is 48.8 Å². The molecular formula is C27H27BF4N2O. The van der Waals surface area contributed by atoms with E-state index in [2.05, 4.69) is 10.6 Å². The number of halogens is 4. The van der Waals surface area contributed by atoms with Gasteiger partial charge in [0.2, 0.25) is 0 Å². The molecule has 2 amide bonds. The highest BCUT2D eigenvalue weighted by molar-refractivity contribution is 6.32. The standard InChI is InChI=1S/C27H27BF4N2O/c28-22-10-6-9-19(14-22)26(17-18-7-2-1-3-8-18,34-25(35)33-24-11-4-5-12-24)20-13-21(27(30,31)32)16-23(29)15-20/h1-3,6-10,13-16,24H,4-5,11-12,17,28H2,(H2,33,34,35)/t26-/m1/s1. The summed E-state index contributed by atoms with van der Waals surface area (Å²) in [5.74, 6) is -1.02. The van der Waals surface area contributed by atoms with Crippen molar-refractivity contribution in [3.8, 4) is 0 Å². The summed E-state index contributed by atoms with van der Waals surface area (Å²) in [4.78, 5) is 13.3. The maximum absolute atomic E-state index is 14.7. The first kappa shape index (κ1) is 24.8. The lowest BCUT2D eigenvalue weighted by molar-refractivity contribution is -0.137. The second-order valence-corrected chi connectivity index (χ2v) is 9.24. The molecule has 1 atom stereocenters. The number of benzene rings is 3. The molecule has 0 aliphatic heterocycles. The average Bonchev–Trinajstić information content (AvgIpc) is 3.31. The second-order valence-electron chi connectivity index (χ2n) is 9.24. The molecular weight excluding hydrogens is 455 g/mol. The van der Waals surface area contributed by atoms with Gasteiger partial charge in [-0.2, -0.15) is 13.2 Å². The van der Waals surface area contributed by atoms with E-state index in [1.54, 1.807) is 12.1 Å². The zero-order valence-electron chi connectivity index (χ0n) is 19.5. The number of nitrogens with one attached hydrogen (secondary N) is 2. The van der Waals surface area contributed by atoms with Crippen molar-refractivity contribution >= 4 is 19.3 Å². The minimum atomic E-state index is -4.74. The largest absolute Gasteiger partial charge is 0.416 e. The van der Waals surface area contributed by atoms with Crippen molar-refractivity contribution in [3.63, 3.8) is 0 Å². The minimum absolute atomic E-state index is 0.000167. The smallest absolute Gasteiger partial charge is 0.335 e. The van der Waals surface area contributed by atoms with E-state index in [1.807, 2.05) is 50.3 Å². The summed E-state index contributed by atoms with van der Waals surface area (Å²) in [7, 11) is 1.86. The van der Waals surface area contributed by atoms with Crippen molar-refractivity contribution in [2.24, 2.45) is 0 Å². The van der Waals surface area contributed by atoms with Crippen LogP contribution in [0, 0.1) is 5.82 Å². The number of rotatable bonds is 6. The van der Waals surface area contributed by atoms with Crippen LogP contribution in [0.1, 0.15) is 47.9 Å². The maximum atomic E-state index is 14.7. The lowest BCUT2D eigenvalue weighted by Crippen LogP contribution is -2.54. The van der Waals surface area contributed by atoms with Gasteiger partial charge in [0.15, 0.2) is 0 Å². The van der Waals surface area contributed by atoms with Crippen molar-refractivity contribution in [1.82, 2.24) is 10.6 Å². The number of hydrogen-bond donors (Lipinski definition) is 2. The van der Waals surface area contributed by atoms with Crippen molar-refractivity contribution in [2.45, 2.75) is 49.9 Å². The molecule has 0 spiro atoms. The SMILES string of the molecule is Bc1cccc([C@@](Cc2ccccc2)(NC(=O)NC2CCCC2)c2cc(F)cc(C(F)(F)F)c2)c1. The van der Waals surface area contributed by atoms with Crippen LogP contribution >= 0.6 is 0 Å². The van der Waals surface area contributed by atoms with Gasteiger partial charge in [-0.1, -0.05) is 72.9 Å². The Kier molecular flexibility index (Phi) is 7.19. The van der Waals surface area contributed by atoms with E-state index in [-0.39, 0.29) is 18.0 Å². The van der Waals surface area contributed by atoms with Gasteiger partial charge in [-0.3, -0.25) is 0 Å². The summed E-state index contributed by atoms with van der Waals surface area (Å²) in [5, 5.41) is 5.96. The maximum Gasteiger partial charge on any atom is 0.416 e. The molecule has 0 unspecified atom stereocenters. The number of carbonyl (C=O) groups is 1. The van der Waals surface area contributed by atoms with Crippen molar-refractivity contribution < 1.29 is 22.4 Å². The highest BCUT2D eigenvalue weighted by Crippen LogP contribution is 2.38. The first-order chi connectivity index (χ1) is 16.7.